The summed E-state index contributed by atoms with van der Waals surface area (Å²) in [5.41, 5.74) is 2.38. The molecule has 0 bridgehead atoms. The first-order valence-electron chi connectivity index (χ1n) is 9.57. The van der Waals surface area contributed by atoms with Gasteiger partial charge in [0.25, 0.3) is 0 Å². The highest BCUT2D eigenvalue weighted by Gasteiger charge is 2.20. The third-order valence-corrected chi connectivity index (χ3v) is 5.58. The molecule has 2 aromatic rings. The van der Waals surface area contributed by atoms with Crippen LogP contribution in [0.5, 0.6) is 0 Å². The molecule has 0 N–H and O–H groups in total. The quantitative estimate of drug-likeness (QED) is 0.541. The van der Waals surface area contributed by atoms with Crippen LogP contribution in [0.15, 0.2) is 36.4 Å². The lowest BCUT2D eigenvalue weighted by Crippen LogP contribution is -2.15. The van der Waals surface area contributed by atoms with Crippen LogP contribution >= 0.6 is 0 Å². The van der Waals surface area contributed by atoms with Gasteiger partial charge in [-0.2, -0.15) is 13.8 Å². The molecule has 0 amide bonds. The molecular formula is C22H27F2N. The number of halogens is 2. The molecular weight excluding hydrogens is 316 g/mol. The average Bonchev–Trinajstić information content (AvgIpc) is 2.62. The number of rotatable bonds is 6. The van der Waals surface area contributed by atoms with Gasteiger partial charge in [0.2, 0.25) is 11.9 Å². The maximum atomic E-state index is 13.8. The molecule has 0 aliphatic heterocycles. The maximum absolute atomic E-state index is 13.8. The van der Waals surface area contributed by atoms with Crippen molar-refractivity contribution in [2.75, 3.05) is 0 Å². The summed E-state index contributed by atoms with van der Waals surface area (Å²) in [4.78, 5) is 3.26. The number of nitrogens with zero attached hydrogens (tertiary/aromatic N) is 1. The van der Waals surface area contributed by atoms with Gasteiger partial charge in [0.15, 0.2) is 0 Å². The third kappa shape index (κ3) is 4.87. The van der Waals surface area contributed by atoms with Gasteiger partial charge in [-0.25, -0.2) is 0 Å². The molecule has 1 saturated carbocycles. The van der Waals surface area contributed by atoms with E-state index in [1.807, 2.05) is 12.1 Å². The van der Waals surface area contributed by atoms with Gasteiger partial charge in [0.05, 0.1) is 0 Å². The smallest absolute Gasteiger partial charge is 0.190 e. The number of pyridine rings is 1. The van der Waals surface area contributed by atoms with E-state index in [0.717, 1.165) is 23.8 Å². The standard InChI is InChI=1S/C22H27F2N/c1-2-3-16-4-6-17(7-5-16)8-9-18-10-12-19(13-11-18)20-14-15-21(23)25-22(20)24/h10-17H,2-9H2,1H3/t16-,17-. The fourth-order valence-corrected chi connectivity index (χ4v) is 4.07. The molecule has 1 aromatic heterocycles. The second-order valence-electron chi connectivity index (χ2n) is 7.38. The van der Waals surface area contributed by atoms with Crippen molar-refractivity contribution in [3.8, 4) is 11.1 Å². The highest BCUT2D eigenvalue weighted by atomic mass is 19.1. The second kappa shape index (κ2) is 8.55. The minimum atomic E-state index is -0.786. The number of aryl methyl sites for hydroxylation is 1. The van der Waals surface area contributed by atoms with Gasteiger partial charge in [0.1, 0.15) is 0 Å². The Bertz CT molecular complexity index is 673. The van der Waals surface area contributed by atoms with Crippen LogP contribution in [0.25, 0.3) is 11.1 Å². The zero-order valence-corrected chi connectivity index (χ0v) is 15.0. The summed E-state index contributed by atoms with van der Waals surface area (Å²) in [6.07, 6.45) is 10.6. The minimum Gasteiger partial charge on any atom is -0.190 e. The van der Waals surface area contributed by atoms with Crippen LogP contribution in [0.1, 0.15) is 57.4 Å². The summed E-state index contributed by atoms with van der Waals surface area (Å²) < 4.78 is 26.7. The van der Waals surface area contributed by atoms with Gasteiger partial charge in [0, 0.05) is 5.56 Å². The lowest BCUT2D eigenvalue weighted by Gasteiger charge is -2.28. The predicted molar refractivity (Wildman–Crippen MR) is 98.3 cm³/mol. The second-order valence-corrected chi connectivity index (χ2v) is 7.38. The molecule has 25 heavy (non-hydrogen) atoms. The van der Waals surface area contributed by atoms with Crippen LogP contribution in [-0.2, 0) is 6.42 Å². The van der Waals surface area contributed by atoms with E-state index in [4.69, 9.17) is 0 Å². The van der Waals surface area contributed by atoms with Crippen molar-refractivity contribution in [3.63, 3.8) is 0 Å². The van der Waals surface area contributed by atoms with Crippen LogP contribution in [0.2, 0.25) is 0 Å². The van der Waals surface area contributed by atoms with E-state index >= 15 is 0 Å². The van der Waals surface area contributed by atoms with Gasteiger partial charge in [-0.15, -0.1) is 0 Å². The van der Waals surface area contributed by atoms with Crippen LogP contribution in [0, 0.1) is 23.7 Å². The predicted octanol–water partition coefficient (Wildman–Crippen LogP) is 6.57. The number of benzene rings is 1. The number of hydrogen-bond acceptors (Lipinski definition) is 1. The van der Waals surface area contributed by atoms with Crippen LogP contribution in [0.3, 0.4) is 0 Å². The molecule has 1 nitrogen and oxygen atoms in total. The van der Waals surface area contributed by atoms with Crippen molar-refractivity contribution in [1.82, 2.24) is 4.98 Å². The van der Waals surface area contributed by atoms with Crippen molar-refractivity contribution >= 4 is 0 Å². The first kappa shape index (κ1) is 18.0. The minimum absolute atomic E-state index is 0.349. The van der Waals surface area contributed by atoms with Crippen molar-refractivity contribution in [2.45, 2.75) is 58.3 Å². The lowest BCUT2D eigenvalue weighted by molar-refractivity contribution is 0.252. The Hall–Kier alpha value is -1.77. The van der Waals surface area contributed by atoms with Crippen molar-refractivity contribution in [1.29, 1.82) is 0 Å². The highest BCUT2D eigenvalue weighted by Crippen LogP contribution is 2.34. The Balaban J connectivity index is 1.53. The summed E-state index contributed by atoms with van der Waals surface area (Å²) in [5, 5.41) is 0. The monoisotopic (exact) mass is 343 g/mol. The summed E-state index contributed by atoms with van der Waals surface area (Å²) in [6.45, 7) is 2.28. The molecule has 1 heterocycles. The molecule has 0 atom stereocenters. The molecule has 1 aliphatic carbocycles. The first-order valence-corrected chi connectivity index (χ1v) is 9.57. The van der Waals surface area contributed by atoms with Crippen molar-refractivity contribution in [2.24, 2.45) is 11.8 Å². The molecule has 134 valence electrons. The van der Waals surface area contributed by atoms with E-state index in [9.17, 15) is 8.78 Å². The Morgan fingerprint density at radius 2 is 1.52 bits per heavy atom. The Kier molecular flexibility index (Phi) is 6.17. The average molecular weight is 343 g/mol. The molecule has 1 aromatic carbocycles. The molecule has 0 unspecified atom stereocenters. The molecule has 3 rings (SSSR count). The lowest BCUT2D eigenvalue weighted by atomic mass is 9.78. The summed E-state index contributed by atoms with van der Waals surface area (Å²) >= 11 is 0. The van der Waals surface area contributed by atoms with Gasteiger partial charge >= 0.3 is 0 Å². The fraction of sp³-hybridized carbons (Fsp3) is 0.500. The van der Waals surface area contributed by atoms with E-state index in [2.05, 4.69) is 24.0 Å². The zero-order valence-electron chi connectivity index (χ0n) is 15.0. The van der Waals surface area contributed by atoms with Gasteiger partial charge in [-0.05, 0) is 47.9 Å². The van der Waals surface area contributed by atoms with E-state index in [0.29, 0.717) is 5.56 Å². The maximum Gasteiger partial charge on any atom is 0.223 e. The van der Waals surface area contributed by atoms with E-state index in [1.54, 1.807) is 0 Å². The SMILES string of the molecule is CCC[C@H]1CC[C@H](CCc2ccc(-c3ccc(F)nc3F)cc2)CC1. The number of aromatic nitrogens is 1. The largest absolute Gasteiger partial charge is 0.223 e. The molecule has 0 saturated heterocycles. The Morgan fingerprint density at radius 3 is 2.12 bits per heavy atom. The van der Waals surface area contributed by atoms with Gasteiger partial charge in [-0.3, -0.25) is 0 Å². The third-order valence-electron chi connectivity index (χ3n) is 5.58. The first-order chi connectivity index (χ1) is 12.2. The Labute approximate surface area is 149 Å². The van der Waals surface area contributed by atoms with E-state index < -0.39 is 11.9 Å². The van der Waals surface area contributed by atoms with Crippen LogP contribution < -0.4 is 0 Å². The zero-order chi connectivity index (χ0) is 17.6. The van der Waals surface area contributed by atoms with Crippen molar-refractivity contribution in [3.05, 3.63) is 53.9 Å². The summed E-state index contributed by atoms with van der Waals surface area (Å²) in [7, 11) is 0. The molecule has 1 fully saturated rings. The topological polar surface area (TPSA) is 12.9 Å². The fourth-order valence-electron chi connectivity index (χ4n) is 4.07. The van der Waals surface area contributed by atoms with Crippen LogP contribution in [0.4, 0.5) is 8.78 Å². The van der Waals surface area contributed by atoms with Crippen LogP contribution in [-0.4, -0.2) is 4.98 Å². The van der Waals surface area contributed by atoms with E-state index in [1.165, 1.54) is 62.6 Å². The summed E-state index contributed by atoms with van der Waals surface area (Å²) in [6, 6.07) is 10.6. The van der Waals surface area contributed by atoms with E-state index in [-0.39, 0.29) is 0 Å². The molecule has 0 radical (unpaired) electrons. The Morgan fingerprint density at radius 1 is 0.880 bits per heavy atom. The molecule has 1 aliphatic rings. The van der Waals surface area contributed by atoms with Gasteiger partial charge in [-0.1, -0.05) is 69.7 Å². The molecule has 3 heteroatoms. The highest BCUT2D eigenvalue weighted by molar-refractivity contribution is 5.63. The summed E-state index contributed by atoms with van der Waals surface area (Å²) in [5.74, 6) is 0.273. The van der Waals surface area contributed by atoms with Gasteiger partial charge < -0.3 is 0 Å². The van der Waals surface area contributed by atoms with Crippen molar-refractivity contribution < 1.29 is 8.78 Å². The molecule has 0 spiro atoms. The number of hydrogen-bond donors (Lipinski definition) is 0. The normalized spacial score (nSPS) is 20.6.